The zero-order chi connectivity index (χ0) is 11.2. The van der Waals surface area contributed by atoms with Gasteiger partial charge in [0.25, 0.3) is 0 Å². The van der Waals surface area contributed by atoms with Crippen LogP contribution in [0.3, 0.4) is 0 Å². The lowest BCUT2D eigenvalue weighted by molar-refractivity contribution is 0.0163. The Balaban J connectivity index is 1.53. The summed E-state index contributed by atoms with van der Waals surface area (Å²) in [5, 5.41) is 4.01. The van der Waals surface area contributed by atoms with Gasteiger partial charge in [-0.2, -0.15) is 0 Å². The number of halogens is 1. The van der Waals surface area contributed by atoms with Gasteiger partial charge in [0.15, 0.2) is 0 Å². The summed E-state index contributed by atoms with van der Waals surface area (Å²) >= 11 is 6.10. The number of rotatable bonds is 4. The minimum Gasteiger partial charge on any atom is -0.377 e. The van der Waals surface area contributed by atoms with Gasteiger partial charge in [0, 0.05) is 18.5 Å². The normalized spacial score (nSPS) is 36.2. The highest BCUT2D eigenvalue weighted by atomic mass is 35.5. The fraction of sp³-hybridized carbons (Fsp3) is 1.00. The molecule has 1 aliphatic heterocycles. The fourth-order valence-corrected chi connectivity index (χ4v) is 2.99. The first-order valence-electron chi connectivity index (χ1n) is 6.81. The molecule has 0 aromatic carbocycles. The Kier molecular flexibility index (Phi) is 5.40. The van der Waals surface area contributed by atoms with Crippen molar-refractivity contribution in [3.05, 3.63) is 0 Å². The molecule has 0 amide bonds. The van der Waals surface area contributed by atoms with E-state index in [1.54, 1.807) is 0 Å². The van der Waals surface area contributed by atoms with Crippen molar-refractivity contribution in [3.63, 3.8) is 0 Å². The van der Waals surface area contributed by atoms with Crippen LogP contribution in [0.2, 0.25) is 0 Å². The first-order chi connectivity index (χ1) is 7.84. The maximum Gasteiger partial charge on any atom is 0.0699 e. The number of hydrogen-bond donors (Lipinski definition) is 1. The molecule has 2 nitrogen and oxygen atoms in total. The second-order valence-corrected chi connectivity index (χ2v) is 5.88. The molecule has 0 aromatic rings. The Morgan fingerprint density at radius 2 is 1.81 bits per heavy atom. The summed E-state index contributed by atoms with van der Waals surface area (Å²) < 4.78 is 5.70. The van der Waals surface area contributed by atoms with Crippen LogP contribution in [-0.2, 0) is 4.74 Å². The Morgan fingerprint density at radius 3 is 2.50 bits per heavy atom. The van der Waals surface area contributed by atoms with Gasteiger partial charge in [0.1, 0.15) is 0 Å². The molecule has 0 bridgehead atoms. The van der Waals surface area contributed by atoms with E-state index in [9.17, 15) is 0 Å². The van der Waals surface area contributed by atoms with Gasteiger partial charge in [-0.15, -0.1) is 11.6 Å². The maximum atomic E-state index is 6.10. The number of alkyl halides is 1. The summed E-state index contributed by atoms with van der Waals surface area (Å²) in [6, 6.07) is 0. The van der Waals surface area contributed by atoms with Crippen molar-refractivity contribution in [3.8, 4) is 0 Å². The van der Waals surface area contributed by atoms with Gasteiger partial charge in [0.05, 0.1) is 6.10 Å². The van der Waals surface area contributed by atoms with Crippen LogP contribution in [0.4, 0.5) is 0 Å². The molecule has 2 aliphatic rings. The highest BCUT2D eigenvalue weighted by Gasteiger charge is 2.20. The van der Waals surface area contributed by atoms with Crippen molar-refractivity contribution in [2.24, 2.45) is 5.92 Å². The highest BCUT2D eigenvalue weighted by Crippen LogP contribution is 2.27. The summed E-state index contributed by atoms with van der Waals surface area (Å²) in [6.45, 7) is 3.16. The zero-order valence-electron chi connectivity index (χ0n) is 10.1. The maximum absolute atomic E-state index is 6.10. The molecule has 1 saturated heterocycles. The van der Waals surface area contributed by atoms with Crippen LogP contribution in [0.25, 0.3) is 0 Å². The standard InChI is InChI=1S/C13H24ClNO/c14-12-6-4-11(5-7-12)9-15-10-13-3-1-2-8-16-13/h11-13,15H,1-10H2. The molecule has 1 saturated carbocycles. The smallest absolute Gasteiger partial charge is 0.0699 e. The molecule has 0 aromatic heterocycles. The largest absolute Gasteiger partial charge is 0.377 e. The lowest BCUT2D eigenvalue weighted by atomic mass is 9.89. The molecular formula is C13H24ClNO. The molecule has 1 heterocycles. The monoisotopic (exact) mass is 245 g/mol. The molecule has 0 radical (unpaired) electrons. The first-order valence-corrected chi connectivity index (χ1v) is 7.24. The second kappa shape index (κ2) is 6.83. The molecule has 16 heavy (non-hydrogen) atoms. The van der Waals surface area contributed by atoms with Gasteiger partial charge in [-0.05, 0) is 57.4 Å². The topological polar surface area (TPSA) is 21.3 Å². The van der Waals surface area contributed by atoms with Gasteiger partial charge in [-0.25, -0.2) is 0 Å². The van der Waals surface area contributed by atoms with Crippen LogP contribution in [-0.4, -0.2) is 31.2 Å². The Bertz CT molecular complexity index is 186. The molecule has 2 rings (SSSR count). The number of nitrogens with one attached hydrogen (secondary N) is 1. The fourth-order valence-electron chi connectivity index (χ4n) is 2.74. The first kappa shape index (κ1) is 12.7. The summed E-state index contributed by atoms with van der Waals surface area (Å²) in [4.78, 5) is 0. The molecule has 94 valence electrons. The van der Waals surface area contributed by atoms with Crippen LogP contribution < -0.4 is 5.32 Å². The third-order valence-electron chi connectivity index (χ3n) is 3.86. The SMILES string of the molecule is ClC1CCC(CNCC2CCCCO2)CC1. The molecule has 1 atom stereocenters. The third-order valence-corrected chi connectivity index (χ3v) is 4.29. The average molecular weight is 246 g/mol. The van der Waals surface area contributed by atoms with E-state index in [1.807, 2.05) is 0 Å². The van der Waals surface area contributed by atoms with Crippen molar-refractivity contribution in [2.75, 3.05) is 19.7 Å². The average Bonchev–Trinajstić information content (AvgIpc) is 2.33. The lowest BCUT2D eigenvalue weighted by Gasteiger charge is -2.27. The lowest BCUT2D eigenvalue weighted by Crippen LogP contribution is -2.35. The Hall–Kier alpha value is 0.210. The summed E-state index contributed by atoms with van der Waals surface area (Å²) in [6.07, 6.45) is 9.29. The number of hydrogen-bond acceptors (Lipinski definition) is 2. The number of ether oxygens (including phenoxy) is 1. The summed E-state index contributed by atoms with van der Waals surface area (Å²) in [7, 11) is 0. The Morgan fingerprint density at radius 1 is 1.00 bits per heavy atom. The van der Waals surface area contributed by atoms with E-state index in [4.69, 9.17) is 16.3 Å². The van der Waals surface area contributed by atoms with Crippen molar-refractivity contribution >= 4 is 11.6 Å². The van der Waals surface area contributed by atoms with E-state index in [1.165, 1.54) is 44.9 Å². The summed E-state index contributed by atoms with van der Waals surface area (Å²) in [5.74, 6) is 0.846. The van der Waals surface area contributed by atoms with Gasteiger partial charge in [-0.1, -0.05) is 0 Å². The quantitative estimate of drug-likeness (QED) is 0.769. The van der Waals surface area contributed by atoms with Crippen molar-refractivity contribution < 1.29 is 4.74 Å². The van der Waals surface area contributed by atoms with E-state index in [0.717, 1.165) is 25.6 Å². The minimum absolute atomic E-state index is 0.443. The van der Waals surface area contributed by atoms with E-state index in [-0.39, 0.29) is 0 Å². The molecule has 1 N–H and O–H groups in total. The van der Waals surface area contributed by atoms with Crippen LogP contribution in [0.1, 0.15) is 44.9 Å². The highest BCUT2D eigenvalue weighted by molar-refractivity contribution is 6.20. The van der Waals surface area contributed by atoms with Gasteiger partial charge in [0.2, 0.25) is 0 Å². The zero-order valence-corrected chi connectivity index (χ0v) is 10.8. The van der Waals surface area contributed by atoms with E-state index < -0.39 is 0 Å². The molecule has 1 unspecified atom stereocenters. The molecular weight excluding hydrogens is 222 g/mol. The predicted molar refractivity (Wildman–Crippen MR) is 68.1 cm³/mol. The van der Waals surface area contributed by atoms with Crippen LogP contribution in [0, 0.1) is 5.92 Å². The van der Waals surface area contributed by atoms with E-state index in [0.29, 0.717) is 11.5 Å². The molecule has 0 spiro atoms. The van der Waals surface area contributed by atoms with Gasteiger partial charge < -0.3 is 10.1 Å². The van der Waals surface area contributed by atoms with E-state index >= 15 is 0 Å². The van der Waals surface area contributed by atoms with Crippen LogP contribution in [0.5, 0.6) is 0 Å². The summed E-state index contributed by atoms with van der Waals surface area (Å²) in [5.41, 5.74) is 0. The minimum atomic E-state index is 0.443. The van der Waals surface area contributed by atoms with Crippen molar-refractivity contribution in [1.82, 2.24) is 5.32 Å². The molecule has 3 heteroatoms. The van der Waals surface area contributed by atoms with Crippen molar-refractivity contribution in [1.29, 1.82) is 0 Å². The van der Waals surface area contributed by atoms with Gasteiger partial charge in [-0.3, -0.25) is 0 Å². The van der Waals surface area contributed by atoms with Crippen molar-refractivity contribution in [2.45, 2.75) is 56.4 Å². The van der Waals surface area contributed by atoms with E-state index in [2.05, 4.69) is 5.32 Å². The predicted octanol–water partition coefficient (Wildman–Crippen LogP) is 2.94. The Labute approximate surface area is 104 Å². The van der Waals surface area contributed by atoms with Crippen LogP contribution in [0.15, 0.2) is 0 Å². The third kappa shape index (κ3) is 4.23. The van der Waals surface area contributed by atoms with Crippen LogP contribution >= 0.6 is 11.6 Å². The van der Waals surface area contributed by atoms with Gasteiger partial charge >= 0.3 is 0 Å². The molecule has 1 aliphatic carbocycles. The second-order valence-electron chi connectivity index (χ2n) is 5.26. The molecule has 2 fully saturated rings.